The molecule has 0 radical (unpaired) electrons. The van der Waals surface area contributed by atoms with Crippen LogP contribution in [0.3, 0.4) is 0 Å². The second-order valence-electron chi connectivity index (χ2n) is 6.34. The molecule has 1 aromatic carbocycles. The Hall–Kier alpha value is -1.95. The molecule has 106 valence electrons. The van der Waals surface area contributed by atoms with Crippen molar-refractivity contribution in [3.8, 4) is 12.3 Å². The number of carbonyl (C=O) groups is 1. The first-order valence-corrected chi connectivity index (χ1v) is 6.98. The number of nitrogens with one attached hydrogen (secondary N) is 1. The van der Waals surface area contributed by atoms with Crippen molar-refractivity contribution in [2.24, 2.45) is 0 Å². The number of rotatable bonds is 2. The Balaban J connectivity index is 1.90. The molecule has 1 saturated heterocycles. The van der Waals surface area contributed by atoms with Crippen LogP contribution in [0.2, 0.25) is 0 Å². The lowest BCUT2D eigenvalue weighted by molar-refractivity contribution is 0.152. The zero-order valence-corrected chi connectivity index (χ0v) is 12.4. The van der Waals surface area contributed by atoms with E-state index >= 15 is 0 Å². The Morgan fingerprint density at radius 3 is 2.45 bits per heavy atom. The molecule has 0 saturated carbocycles. The van der Waals surface area contributed by atoms with Crippen LogP contribution in [0.1, 0.15) is 37.8 Å². The van der Waals surface area contributed by atoms with Gasteiger partial charge in [0.15, 0.2) is 0 Å². The van der Waals surface area contributed by atoms with Gasteiger partial charge in [-0.25, -0.2) is 4.79 Å². The summed E-state index contributed by atoms with van der Waals surface area (Å²) in [5, 5.41) is 2.69. The van der Waals surface area contributed by atoms with Crippen LogP contribution < -0.4 is 5.32 Å². The summed E-state index contributed by atoms with van der Waals surface area (Å²) in [5.41, 5.74) is 2.82. The van der Waals surface area contributed by atoms with E-state index in [-0.39, 0.29) is 11.4 Å². The smallest absolute Gasteiger partial charge is 0.318 e. The Kier molecular flexibility index (Phi) is 4.04. The normalized spacial score (nSPS) is 15.4. The molecule has 0 spiro atoms. The average molecular weight is 270 g/mol. The second kappa shape index (κ2) is 5.58. The molecular weight excluding hydrogens is 248 g/mol. The molecule has 0 unspecified atom stereocenters. The van der Waals surface area contributed by atoms with Gasteiger partial charge in [-0.3, -0.25) is 0 Å². The highest BCUT2D eigenvalue weighted by molar-refractivity contribution is 5.75. The number of benzene rings is 1. The minimum atomic E-state index is -0.0643. The van der Waals surface area contributed by atoms with E-state index in [2.05, 4.69) is 56.3 Å². The maximum absolute atomic E-state index is 11.7. The first kappa shape index (κ1) is 14.5. The van der Waals surface area contributed by atoms with Gasteiger partial charge in [-0.15, -0.1) is 6.42 Å². The molecule has 1 aromatic rings. The van der Waals surface area contributed by atoms with E-state index in [9.17, 15) is 4.79 Å². The van der Waals surface area contributed by atoms with E-state index in [1.165, 1.54) is 11.1 Å². The average Bonchev–Trinajstić information content (AvgIpc) is 2.34. The third-order valence-electron chi connectivity index (χ3n) is 3.76. The zero-order chi connectivity index (χ0) is 14.8. The maximum atomic E-state index is 11.7. The summed E-state index contributed by atoms with van der Waals surface area (Å²) in [7, 11) is 0. The molecule has 1 heterocycles. The summed E-state index contributed by atoms with van der Waals surface area (Å²) in [6.45, 7) is 8.46. The lowest BCUT2D eigenvalue weighted by atomic mass is 9.84. The van der Waals surface area contributed by atoms with Crippen LogP contribution >= 0.6 is 0 Å². The minimum Gasteiger partial charge on any atom is -0.327 e. The van der Waals surface area contributed by atoms with Crippen molar-refractivity contribution in [3.63, 3.8) is 0 Å². The predicted octanol–water partition coefficient (Wildman–Crippen LogP) is 2.73. The van der Waals surface area contributed by atoms with Crippen LogP contribution in [-0.2, 0) is 5.41 Å². The molecule has 2 amide bonds. The third-order valence-corrected chi connectivity index (χ3v) is 3.76. The van der Waals surface area contributed by atoms with Crippen LogP contribution in [0.4, 0.5) is 4.79 Å². The second-order valence-corrected chi connectivity index (χ2v) is 6.34. The number of hydrogen-bond acceptors (Lipinski definition) is 1. The molecule has 2 rings (SSSR count). The summed E-state index contributed by atoms with van der Waals surface area (Å²) < 4.78 is 0. The first-order valence-electron chi connectivity index (χ1n) is 6.98. The maximum Gasteiger partial charge on any atom is 0.318 e. The zero-order valence-electron chi connectivity index (χ0n) is 12.4. The largest absolute Gasteiger partial charge is 0.327 e. The predicted molar refractivity (Wildman–Crippen MR) is 81.7 cm³/mol. The van der Waals surface area contributed by atoms with Gasteiger partial charge in [-0.1, -0.05) is 51.0 Å². The summed E-state index contributed by atoms with van der Waals surface area (Å²) in [6.07, 6.45) is 5.12. The van der Waals surface area contributed by atoms with Crippen molar-refractivity contribution in [1.82, 2.24) is 10.2 Å². The standard InChI is InChI=1S/C17H22N2O/c1-5-10-18-16(20)19-11-14(12-19)13-6-8-15(9-7-13)17(2,3)4/h1,6-9,14H,10-12H2,2-4H3,(H,18,20). The fourth-order valence-electron chi connectivity index (χ4n) is 2.35. The molecular formula is C17H22N2O. The van der Waals surface area contributed by atoms with Crippen molar-refractivity contribution in [2.75, 3.05) is 19.6 Å². The molecule has 1 N–H and O–H groups in total. The van der Waals surface area contributed by atoms with Gasteiger partial charge in [0.1, 0.15) is 0 Å². The highest BCUT2D eigenvalue weighted by Gasteiger charge is 2.31. The quantitative estimate of drug-likeness (QED) is 0.823. The molecule has 0 aliphatic carbocycles. The van der Waals surface area contributed by atoms with Gasteiger partial charge >= 0.3 is 6.03 Å². The van der Waals surface area contributed by atoms with E-state index in [4.69, 9.17) is 6.42 Å². The Labute approximate surface area is 121 Å². The molecule has 1 aliphatic rings. The number of carbonyl (C=O) groups excluding carboxylic acids is 1. The van der Waals surface area contributed by atoms with Gasteiger partial charge in [0.25, 0.3) is 0 Å². The van der Waals surface area contributed by atoms with Crippen molar-refractivity contribution in [1.29, 1.82) is 0 Å². The fourth-order valence-corrected chi connectivity index (χ4v) is 2.35. The molecule has 0 bridgehead atoms. The van der Waals surface area contributed by atoms with Crippen LogP contribution in [0.5, 0.6) is 0 Å². The van der Waals surface area contributed by atoms with Crippen LogP contribution in [-0.4, -0.2) is 30.6 Å². The van der Waals surface area contributed by atoms with Gasteiger partial charge in [-0.2, -0.15) is 0 Å². The van der Waals surface area contributed by atoms with E-state index in [0.717, 1.165) is 13.1 Å². The van der Waals surface area contributed by atoms with E-state index in [1.54, 1.807) is 4.90 Å². The number of likely N-dealkylation sites (tertiary alicyclic amines) is 1. The topological polar surface area (TPSA) is 32.3 Å². The molecule has 20 heavy (non-hydrogen) atoms. The Morgan fingerprint density at radius 2 is 1.95 bits per heavy atom. The van der Waals surface area contributed by atoms with Crippen LogP contribution in [0.15, 0.2) is 24.3 Å². The Morgan fingerprint density at radius 1 is 1.35 bits per heavy atom. The van der Waals surface area contributed by atoms with Crippen molar-refractivity contribution < 1.29 is 4.79 Å². The SMILES string of the molecule is C#CCNC(=O)N1CC(c2ccc(C(C)(C)C)cc2)C1. The number of terminal acetylenes is 1. The number of hydrogen-bond donors (Lipinski definition) is 1. The number of nitrogens with zero attached hydrogens (tertiary/aromatic N) is 1. The van der Waals surface area contributed by atoms with Crippen LogP contribution in [0.25, 0.3) is 0 Å². The summed E-state index contributed by atoms with van der Waals surface area (Å²) >= 11 is 0. The van der Waals surface area contributed by atoms with Gasteiger partial charge in [-0.05, 0) is 16.5 Å². The van der Waals surface area contributed by atoms with Crippen molar-refractivity contribution in [2.45, 2.75) is 32.1 Å². The van der Waals surface area contributed by atoms with Crippen molar-refractivity contribution >= 4 is 6.03 Å². The molecule has 0 aromatic heterocycles. The highest BCUT2D eigenvalue weighted by Crippen LogP contribution is 2.29. The van der Waals surface area contributed by atoms with E-state index in [1.807, 2.05) is 0 Å². The van der Waals surface area contributed by atoms with Crippen LogP contribution in [0, 0.1) is 12.3 Å². The highest BCUT2D eigenvalue weighted by atomic mass is 16.2. The van der Waals surface area contributed by atoms with Gasteiger partial charge < -0.3 is 10.2 Å². The molecule has 1 aliphatic heterocycles. The number of urea groups is 1. The number of amides is 2. The minimum absolute atomic E-state index is 0.0643. The lowest BCUT2D eigenvalue weighted by Gasteiger charge is -2.39. The third kappa shape index (κ3) is 3.14. The Bertz CT molecular complexity index is 513. The summed E-state index contributed by atoms with van der Waals surface area (Å²) in [6, 6.07) is 8.68. The van der Waals surface area contributed by atoms with Gasteiger partial charge in [0.05, 0.1) is 6.54 Å². The summed E-state index contributed by atoms with van der Waals surface area (Å²) in [5.74, 6) is 2.85. The van der Waals surface area contributed by atoms with E-state index in [0.29, 0.717) is 12.5 Å². The molecule has 0 atom stereocenters. The first-order chi connectivity index (χ1) is 9.41. The molecule has 3 heteroatoms. The fraction of sp³-hybridized carbons (Fsp3) is 0.471. The van der Waals surface area contributed by atoms with Gasteiger partial charge in [0.2, 0.25) is 0 Å². The van der Waals surface area contributed by atoms with Gasteiger partial charge in [0, 0.05) is 19.0 Å². The summed E-state index contributed by atoms with van der Waals surface area (Å²) in [4.78, 5) is 13.5. The van der Waals surface area contributed by atoms with E-state index < -0.39 is 0 Å². The van der Waals surface area contributed by atoms with Crippen molar-refractivity contribution in [3.05, 3.63) is 35.4 Å². The monoisotopic (exact) mass is 270 g/mol. The lowest BCUT2D eigenvalue weighted by Crippen LogP contribution is -2.52. The molecule has 3 nitrogen and oxygen atoms in total. The molecule has 1 fully saturated rings.